The van der Waals surface area contributed by atoms with Crippen LogP contribution >= 0.6 is 0 Å². The highest BCUT2D eigenvalue weighted by Gasteiger charge is 2.45. The van der Waals surface area contributed by atoms with E-state index in [2.05, 4.69) is 10.4 Å². The fourth-order valence-electron chi connectivity index (χ4n) is 3.33. The number of benzene rings is 1. The van der Waals surface area contributed by atoms with Gasteiger partial charge in [-0.25, -0.2) is 13.5 Å². The summed E-state index contributed by atoms with van der Waals surface area (Å²) in [6.45, 7) is -1.06. The Morgan fingerprint density at radius 1 is 1.32 bits per heavy atom. The molecule has 6 nitrogen and oxygen atoms in total. The van der Waals surface area contributed by atoms with Gasteiger partial charge in [-0.1, -0.05) is 6.92 Å². The number of aromatic nitrogens is 2. The molecule has 2 atom stereocenters. The molecule has 1 unspecified atom stereocenters. The zero-order chi connectivity index (χ0) is 20.6. The van der Waals surface area contributed by atoms with Gasteiger partial charge >= 0.3 is 6.55 Å². The van der Waals surface area contributed by atoms with Crippen molar-refractivity contribution in [3.8, 4) is 0 Å². The van der Waals surface area contributed by atoms with Crippen LogP contribution in [0.3, 0.4) is 0 Å². The van der Waals surface area contributed by atoms with Crippen LogP contribution in [0.1, 0.15) is 30.8 Å². The summed E-state index contributed by atoms with van der Waals surface area (Å²) in [5.41, 5.74) is 0.185. The highest BCUT2D eigenvalue weighted by atomic mass is 19.3. The van der Waals surface area contributed by atoms with Crippen LogP contribution in [0.4, 0.5) is 23.2 Å². The van der Waals surface area contributed by atoms with Crippen molar-refractivity contribution in [2.45, 2.75) is 25.8 Å². The van der Waals surface area contributed by atoms with Gasteiger partial charge in [0.25, 0.3) is 0 Å². The largest absolute Gasteiger partial charge is 0.344 e. The Labute approximate surface area is 158 Å². The van der Waals surface area contributed by atoms with Gasteiger partial charge in [-0.3, -0.25) is 9.59 Å². The number of likely N-dealkylation sites (N-methyl/N-ethyl adjacent to an activating group) is 1. The maximum absolute atomic E-state index is 13.8. The van der Waals surface area contributed by atoms with E-state index in [0.717, 1.165) is 12.1 Å². The molecule has 0 bridgehead atoms. The van der Waals surface area contributed by atoms with E-state index >= 15 is 0 Å². The molecule has 3 rings (SSSR count). The lowest BCUT2D eigenvalue weighted by Gasteiger charge is -2.15. The van der Waals surface area contributed by atoms with Gasteiger partial charge in [0, 0.05) is 31.3 Å². The van der Waals surface area contributed by atoms with Crippen molar-refractivity contribution in [2.24, 2.45) is 5.92 Å². The third kappa shape index (κ3) is 3.58. The molecule has 0 saturated carbocycles. The molecule has 2 heterocycles. The normalized spacial score (nSPS) is 19.5. The van der Waals surface area contributed by atoms with Crippen LogP contribution in [0.25, 0.3) is 0 Å². The summed E-state index contributed by atoms with van der Waals surface area (Å²) in [7, 11) is 1.48. The summed E-state index contributed by atoms with van der Waals surface area (Å²) >= 11 is 0. The number of nitrogens with zero attached hydrogens (tertiary/aromatic N) is 3. The van der Waals surface area contributed by atoms with Gasteiger partial charge in [-0.2, -0.15) is 13.9 Å². The number of carbonyl (C=O) groups excluding carboxylic acids is 2. The fraction of sp³-hybridized carbons (Fsp3) is 0.389. The van der Waals surface area contributed by atoms with Crippen molar-refractivity contribution in [1.29, 1.82) is 0 Å². The Balaban J connectivity index is 1.91. The zero-order valence-electron chi connectivity index (χ0n) is 15.1. The number of hydrogen-bond acceptors (Lipinski definition) is 3. The molecule has 2 aromatic rings. The summed E-state index contributed by atoms with van der Waals surface area (Å²) < 4.78 is 53.8. The average molecular weight is 398 g/mol. The smallest absolute Gasteiger partial charge is 0.333 e. The summed E-state index contributed by atoms with van der Waals surface area (Å²) in [6.07, 6.45) is 0.297. The minimum atomic E-state index is -2.85. The standard InChI is InChI=1S/C18H18F4N4O2/c1-3-10-7-14(24-26(10)18(21)22)11-8-25(2)17(28)15(11)16(27)23-13-5-4-9(19)6-12(13)20/h4-7,11,15,18H,3,8H2,1-2H3,(H,23,27)/t11-,15?/m1/s1. The molecule has 2 amide bonds. The first kappa shape index (κ1) is 19.8. The summed E-state index contributed by atoms with van der Waals surface area (Å²) in [5, 5.41) is 6.16. The minimum absolute atomic E-state index is 0.103. The summed E-state index contributed by atoms with van der Waals surface area (Å²) in [6, 6.07) is 4.06. The number of aryl methyl sites for hydroxylation is 1. The predicted octanol–water partition coefficient (Wildman–Crippen LogP) is 2.93. The molecule has 28 heavy (non-hydrogen) atoms. The minimum Gasteiger partial charge on any atom is -0.344 e. The van der Waals surface area contributed by atoms with Gasteiger partial charge in [0.1, 0.15) is 17.6 Å². The van der Waals surface area contributed by atoms with Crippen LogP contribution in [0.5, 0.6) is 0 Å². The van der Waals surface area contributed by atoms with Crippen LogP contribution in [0, 0.1) is 17.6 Å². The van der Waals surface area contributed by atoms with Crippen molar-refractivity contribution in [1.82, 2.24) is 14.7 Å². The topological polar surface area (TPSA) is 67.2 Å². The number of anilines is 1. The van der Waals surface area contributed by atoms with Gasteiger partial charge < -0.3 is 10.2 Å². The van der Waals surface area contributed by atoms with Crippen LogP contribution < -0.4 is 5.32 Å². The van der Waals surface area contributed by atoms with E-state index in [0.29, 0.717) is 17.2 Å². The molecule has 150 valence electrons. The first-order chi connectivity index (χ1) is 13.2. The predicted molar refractivity (Wildman–Crippen MR) is 91.7 cm³/mol. The van der Waals surface area contributed by atoms with E-state index in [4.69, 9.17) is 0 Å². The van der Waals surface area contributed by atoms with Crippen LogP contribution in [-0.4, -0.2) is 40.1 Å². The van der Waals surface area contributed by atoms with Crippen LogP contribution in [0.15, 0.2) is 24.3 Å². The zero-order valence-corrected chi connectivity index (χ0v) is 15.1. The van der Waals surface area contributed by atoms with Crippen molar-refractivity contribution in [2.75, 3.05) is 18.9 Å². The van der Waals surface area contributed by atoms with Gasteiger partial charge in [0.2, 0.25) is 11.8 Å². The Hall–Kier alpha value is -2.91. The maximum atomic E-state index is 13.8. The molecule has 0 aliphatic carbocycles. The lowest BCUT2D eigenvalue weighted by atomic mass is 9.91. The van der Waals surface area contributed by atoms with E-state index in [1.807, 2.05) is 0 Å². The number of likely N-dealkylation sites (tertiary alicyclic amines) is 1. The molecule has 1 aromatic heterocycles. The number of nitrogens with one attached hydrogen (secondary N) is 1. The average Bonchev–Trinajstić information content (AvgIpc) is 3.19. The van der Waals surface area contributed by atoms with Gasteiger partial charge in [-0.15, -0.1) is 0 Å². The third-order valence-electron chi connectivity index (χ3n) is 4.75. The van der Waals surface area contributed by atoms with Crippen molar-refractivity contribution >= 4 is 17.5 Å². The highest BCUT2D eigenvalue weighted by Crippen LogP contribution is 2.34. The Morgan fingerprint density at radius 2 is 2.04 bits per heavy atom. The second kappa shape index (κ2) is 7.61. The van der Waals surface area contributed by atoms with Crippen LogP contribution in [0.2, 0.25) is 0 Å². The lowest BCUT2D eigenvalue weighted by Crippen LogP contribution is -2.33. The molecule has 1 saturated heterocycles. The molecule has 10 heteroatoms. The monoisotopic (exact) mass is 398 g/mol. The molecule has 1 aromatic carbocycles. The summed E-state index contributed by atoms with van der Waals surface area (Å²) in [4.78, 5) is 26.5. The Morgan fingerprint density at radius 3 is 2.61 bits per heavy atom. The third-order valence-corrected chi connectivity index (χ3v) is 4.75. The van der Waals surface area contributed by atoms with Gasteiger partial charge in [-0.05, 0) is 24.6 Å². The lowest BCUT2D eigenvalue weighted by molar-refractivity contribution is -0.135. The first-order valence-electron chi connectivity index (χ1n) is 8.60. The number of alkyl halides is 2. The molecular weight excluding hydrogens is 380 g/mol. The maximum Gasteiger partial charge on any atom is 0.333 e. The Bertz CT molecular complexity index is 915. The highest BCUT2D eigenvalue weighted by molar-refractivity contribution is 6.08. The molecule has 0 radical (unpaired) electrons. The van der Waals surface area contributed by atoms with E-state index in [-0.39, 0.29) is 23.6 Å². The van der Waals surface area contributed by atoms with Crippen LogP contribution in [-0.2, 0) is 16.0 Å². The molecule has 1 aliphatic rings. The van der Waals surface area contributed by atoms with Crippen molar-refractivity contribution in [3.05, 3.63) is 47.3 Å². The molecule has 1 fully saturated rings. The number of rotatable bonds is 5. The number of halogens is 4. The van der Waals surface area contributed by atoms with Gasteiger partial charge in [0.05, 0.1) is 11.4 Å². The second-order valence-corrected chi connectivity index (χ2v) is 6.55. The Kier molecular flexibility index (Phi) is 5.39. The second-order valence-electron chi connectivity index (χ2n) is 6.55. The van der Waals surface area contributed by atoms with E-state index in [9.17, 15) is 27.2 Å². The SMILES string of the molecule is CCc1cc([C@H]2CN(C)C(=O)C2C(=O)Nc2ccc(F)cc2F)nn1C(F)F. The van der Waals surface area contributed by atoms with E-state index in [1.54, 1.807) is 6.92 Å². The molecule has 1 N–H and O–H groups in total. The fourth-order valence-corrected chi connectivity index (χ4v) is 3.33. The van der Waals surface area contributed by atoms with Crippen molar-refractivity contribution < 1.29 is 27.2 Å². The number of hydrogen-bond donors (Lipinski definition) is 1. The first-order valence-corrected chi connectivity index (χ1v) is 8.60. The quantitative estimate of drug-likeness (QED) is 0.622. The summed E-state index contributed by atoms with van der Waals surface area (Å²) in [5.74, 6) is -5.18. The number of amides is 2. The molecule has 1 aliphatic heterocycles. The number of carbonyl (C=O) groups is 2. The van der Waals surface area contributed by atoms with Crippen molar-refractivity contribution in [3.63, 3.8) is 0 Å². The van der Waals surface area contributed by atoms with E-state index in [1.165, 1.54) is 18.0 Å². The van der Waals surface area contributed by atoms with E-state index < -0.39 is 41.8 Å². The molecule has 0 spiro atoms. The van der Waals surface area contributed by atoms with Gasteiger partial charge in [0.15, 0.2) is 0 Å². The molecular formula is C18H18F4N4O2.